The summed E-state index contributed by atoms with van der Waals surface area (Å²) in [6.45, 7) is 0. The van der Waals surface area contributed by atoms with Gasteiger partial charge in [0, 0.05) is 32.9 Å². The fourth-order valence-electron chi connectivity index (χ4n) is 6.75. The van der Waals surface area contributed by atoms with Gasteiger partial charge in [0.15, 0.2) is 0 Å². The van der Waals surface area contributed by atoms with Crippen LogP contribution in [0.15, 0.2) is 140 Å². The molecule has 0 amide bonds. The monoisotopic (exact) mass is 526 g/mol. The van der Waals surface area contributed by atoms with E-state index in [0.29, 0.717) is 5.39 Å². The van der Waals surface area contributed by atoms with Gasteiger partial charge < -0.3 is 9.13 Å². The number of halogens is 1. The second kappa shape index (κ2) is 8.30. The average molecular weight is 527 g/mol. The summed E-state index contributed by atoms with van der Waals surface area (Å²) < 4.78 is 20.4. The molecule has 0 unspecified atom stereocenters. The second-order valence-electron chi connectivity index (χ2n) is 10.7. The zero-order valence-electron chi connectivity index (χ0n) is 22.1. The number of para-hydroxylation sites is 1. The van der Waals surface area contributed by atoms with Crippen molar-refractivity contribution < 1.29 is 4.39 Å². The maximum Gasteiger partial charge on any atom is 0.133 e. The first-order valence-corrected chi connectivity index (χ1v) is 13.9. The van der Waals surface area contributed by atoms with Gasteiger partial charge in [-0.3, -0.25) is 0 Å². The van der Waals surface area contributed by atoms with Crippen molar-refractivity contribution in [1.29, 1.82) is 0 Å². The Hall–Kier alpha value is -5.41. The van der Waals surface area contributed by atoms with E-state index < -0.39 is 0 Å². The Kier molecular flexibility index (Phi) is 4.53. The first-order chi connectivity index (χ1) is 20.3. The van der Waals surface area contributed by atoms with E-state index in [0.717, 1.165) is 55.0 Å². The molecule has 0 bridgehead atoms. The molecule has 7 aromatic carbocycles. The molecular formula is C38H23FN2. The van der Waals surface area contributed by atoms with Crippen molar-refractivity contribution in [1.82, 2.24) is 9.13 Å². The molecule has 0 aliphatic heterocycles. The van der Waals surface area contributed by atoms with Crippen LogP contribution < -0.4 is 0 Å². The summed E-state index contributed by atoms with van der Waals surface area (Å²) in [6.07, 6.45) is 0. The van der Waals surface area contributed by atoms with Crippen LogP contribution in [0.2, 0.25) is 0 Å². The number of hydrogen-bond donors (Lipinski definition) is 0. The van der Waals surface area contributed by atoms with E-state index >= 15 is 4.39 Å². The van der Waals surface area contributed by atoms with Crippen molar-refractivity contribution in [3.63, 3.8) is 0 Å². The van der Waals surface area contributed by atoms with E-state index in [9.17, 15) is 0 Å². The molecule has 0 aliphatic rings. The summed E-state index contributed by atoms with van der Waals surface area (Å²) in [5, 5.41) is 8.52. The minimum atomic E-state index is -0.206. The van der Waals surface area contributed by atoms with Crippen LogP contribution in [-0.4, -0.2) is 9.13 Å². The summed E-state index contributed by atoms with van der Waals surface area (Å²) in [5.74, 6) is -0.206. The number of rotatable bonds is 2. The largest absolute Gasteiger partial charge is 0.309 e. The first-order valence-electron chi connectivity index (χ1n) is 13.9. The second-order valence-corrected chi connectivity index (χ2v) is 10.7. The molecule has 0 saturated carbocycles. The van der Waals surface area contributed by atoms with Gasteiger partial charge in [-0.2, -0.15) is 0 Å². The van der Waals surface area contributed by atoms with E-state index in [2.05, 4.69) is 130 Å². The SMILES string of the molecule is Fc1cccc2c1c1c3c4ccccc4n(-c4ccc5ccccc5c4)c3ccc1n2-c1ccc2ccccc2c1. The van der Waals surface area contributed by atoms with Gasteiger partial charge in [-0.1, -0.05) is 84.9 Å². The van der Waals surface area contributed by atoms with Crippen molar-refractivity contribution in [2.45, 2.75) is 0 Å². The molecule has 2 aromatic heterocycles. The molecule has 0 fully saturated rings. The van der Waals surface area contributed by atoms with Crippen LogP contribution in [0, 0.1) is 5.82 Å². The van der Waals surface area contributed by atoms with Crippen molar-refractivity contribution in [2.24, 2.45) is 0 Å². The fourth-order valence-corrected chi connectivity index (χ4v) is 6.75. The normalized spacial score (nSPS) is 12.0. The van der Waals surface area contributed by atoms with Gasteiger partial charge in [0.2, 0.25) is 0 Å². The third kappa shape index (κ3) is 3.12. The summed E-state index contributed by atoms with van der Waals surface area (Å²) in [7, 11) is 0. The maximum atomic E-state index is 15.9. The standard InChI is InChI=1S/C38H23FN2/c39-31-13-7-15-33-37(31)38-35(41(33)29-19-17-25-9-2-4-11-27(25)23-29)21-20-34-36(38)30-12-5-6-14-32(30)40(34)28-18-16-24-8-1-3-10-26(24)22-28/h1-23H. The Morgan fingerprint density at radius 3 is 1.56 bits per heavy atom. The van der Waals surface area contributed by atoms with Crippen molar-refractivity contribution in [3.05, 3.63) is 145 Å². The fraction of sp³-hybridized carbons (Fsp3) is 0. The summed E-state index contributed by atoms with van der Waals surface area (Å²) in [6, 6.07) is 48.1. The highest BCUT2D eigenvalue weighted by atomic mass is 19.1. The Labute approximate surface area is 235 Å². The Bertz CT molecular complexity index is 2500. The topological polar surface area (TPSA) is 9.86 Å². The van der Waals surface area contributed by atoms with Crippen LogP contribution in [0.3, 0.4) is 0 Å². The minimum absolute atomic E-state index is 0.206. The predicted octanol–water partition coefficient (Wildman–Crippen LogP) is 10.3. The lowest BCUT2D eigenvalue weighted by Gasteiger charge is -2.11. The predicted molar refractivity (Wildman–Crippen MR) is 170 cm³/mol. The highest BCUT2D eigenvalue weighted by Gasteiger charge is 2.22. The number of benzene rings is 7. The van der Waals surface area contributed by atoms with Crippen molar-refractivity contribution in [3.8, 4) is 11.4 Å². The lowest BCUT2D eigenvalue weighted by molar-refractivity contribution is 0.640. The molecular weight excluding hydrogens is 503 g/mol. The Morgan fingerprint density at radius 2 is 0.878 bits per heavy atom. The van der Waals surface area contributed by atoms with Gasteiger partial charge >= 0.3 is 0 Å². The summed E-state index contributed by atoms with van der Waals surface area (Å²) in [4.78, 5) is 0. The number of aromatic nitrogens is 2. The third-order valence-electron chi connectivity index (χ3n) is 8.52. The van der Waals surface area contributed by atoms with Crippen LogP contribution in [0.5, 0.6) is 0 Å². The lowest BCUT2D eigenvalue weighted by Crippen LogP contribution is -1.95. The van der Waals surface area contributed by atoms with Crippen LogP contribution in [0.25, 0.3) is 76.5 Å². The van der Waals surface area contributed by atoms with Gasteiger partial charge in [-0.25, -0.2) is 4.39 Å². The highest BCUT2D eigenvalue weighted by Crippen LogP contribution is 2.43. The van der Waals surface area contributed by atoms with E-state index in [1.807, 2.05) is 12.1 Å². The number of nitrogens with zero attached hydrogens (tertiary/aromatic N) is 2. The van der Waals surface area contributed by atoms with Gasteiger partial charge in [-0.15, -0.1) is 0 Å². The molecule has 0 radical (unpaired) electrons. The molecule has 41 heavy (non-hydrogen) atoms. The summed E-state index contributed by atoms with van der Waals surface area (Å²) in [5.41, 5.74) is 6.14. The van der Waals surface area contributed by atoms with Gasteiger partial charge in [0.1, 0.15) is 5.82 Å². The van der Waals surface area contributed by atoms with E-state index in [-0.39, 0.29) is 5.82 Å². The van der Waals surface area contributed by atoms with Gasteiger partial charge in [0.25, 0.3) is 0 Å². The molecule has 2 nitrogen and oxygen atoms in total. The molecule has 9 rings (SSSR count). The quantitative estimate of drug-likeness (QED) is 0.212. The molecule has 9 aromatic rings. The third-order valence-corrected chi connectivity index (χ3v) is 8.52. The molecule has 0 spiro atoms. The van der Waals surface area contributed by atoms with Crippen molar-refractivity contribution in [2.75, 3.05) is 0 Å². The van der Waals surface area contributed by atoms with Crippen LogP contribution in [0.4, 0.5) is 4.39 Å². The molecule has 3 heteroatoms. The molecule has 192 valence electrons. The molecule has 0 N–H and O–H groups in total. The van der Waals surface area contributed by atoms with Crippen molar-refractivity contribution >= 4 is 65.2 Å². The zero-order chi connectivity index (χ0) is 27.1. The Balaban J connectivity index is 1.45. The molecule has 0 saturated heterocycles. The van der Waals surface area contributed by atoms with E-state index in [1.165, 1.54) is 16.2 Å². The first kappa shape index (κ1) is 22.4. The zero-order valence-corrected chi connectivity index (χ0v) is 22.1. The van der Waals surface area contributed by atoms with Gasteiger partial charge in [0.05, 0.1) is 22.1 Å². The van der Waals surface area contributed by atoms with E-state index in [1.54, 1.807) is 6.07 Å². The maximum absolute atomic E-state index is 15.9. The molecule has 0 atom stereocenters. The Morgan fingerprint density at radius 1 is 0.366 bits per heavy atom. The van der Waals surface area contributed by atoms with Crippen LogP contribution in [-0.2, 0) is 0 Å². The molecule has 0 aliphatic carbocycles. The smallest absolute Gasteiger partial charge is 0.133 e. The summed E-state index contributed by atoms with van der Waals surface area (Å²) >= 11 is 0. The number of fused-ring (bicyclic) bond motifs is 9. The van der Waals surface area contributed by atoms with E-state index in [4.69, 9.17) is 0 Å². The lowest BCUT2D eigenvalue weighted by atomic mass is 10.1. The minimum Gasteiger partial charge on any atom is -0.309 e. The van der Waals surface area contributed by atoms with Crippen LogP contribution >= 0.6 is 0 Å². The highest BCUT2D eigenvalue weighted by molar-refractivity contribution is 6.29. The number of hydrogen-bond acceptors (Lipinski definition) is 0. The van der Waals surface area contributed by atoms with Crippen LogP contribution in [0.1, 0.15) is 0 Å². The molecule has 2 heterocycles. The average Bonchev–Trinajstić information content (AvgIpc) is 3.54. The van der Waals surface area contributed by atoms with Gasteiger partial charge in [-0.05, 0) is 76.1 Å².